The Balaban J connectivity index is 3.02. The summed E-state index contributed by atoms with van der Waals surface area (Å²) in [5.74, 6) is 2.02. The smallest absolute Gasteiger partial charge is 0.408 e. The van der Waals surface area contributed by atoms with Gasteiger partial charge in [0.05, 0.1) is 12.8 Å². The van der Waals surface area contributed by atoms with Crippen LogP contribution in [-0.2, 0) is 20.7 Å². The van der Waals surface area contributed by atoms with Crippen molar-refractivity contribution in [1.29, 1.82) is 0 Å². The van der Waals surface area contributed by atoms with E-state index in [0.29, 0.717) is 5.56 Å². The molecule has 6 heteroatoms. The minimum atomic E-state index is -0.884. The molecule has 0 saturated carbocycles. The third kappa shape index (κ3) is 5.51. The SMILES string of the molecule is C#Cc1cccc(C[C@@H](NC(=O)OC(C)(C)C)C(=O)OC)c1NC. The number of ether oxygens (including phenoxy) is 2. The second-order valence-electron chi connectivity index (χ2n) is 6.16. The maximum atomic E-state index is 12.0. The van der Waals surface area contributed by atoms with Gasteiger partial charge in [-0.2, -0.15) is 0 Å². The van der Waals surface area contributed by atoms with Gasteiger partial charge >= 0.3 is 12.1 Å². The summed E-state index contributed by atoms with van der Waals surface area (Å²) in [5, 5.41) is 5.58. The molecule has 0 spiro atoms. The molecule has 0 radical (unpaired) electrons. The second-order valence-corrected chi connectivity index (χ2v) is 6.16. The Morgan fingerprint density at radius 3 is 2.50 bits per heavy atom. The summed E-state index contributed by atoms with van der Waals surface area (Å²) in [7, 11) is 3.01. The molecule has 2 N–H and O–H groups in total. The monoisotopic (exact) mass is 332 g/mol. The fourth-order valence-corrected chi connectivity index (χ4v) is 2.19. The predicted octanol–water partition coefficient (Wildman–Crippen LogP) is 2.32. The average molecular weight is 332 g/mol. The standard InChI is InChI=1S/C18H24N2O4/c1-7-12-9-8-10-13(15(12)19-5)11-14(16(21)23-6)20-17(22)24-18(2,3)4/h1,8-10,14,19H,11H2,2-6H3,(H,20,22)/t14-/m1/s1. The number of carbonyl (C=O) groups excluding carboxylic acids is 2. The van der Waals surface area contributed by atoms with Gasteiger partial charge in [-0.1, -0.05) is 18.1 Å². The molecular formula is C18H24N2O4. The summed E-state index contributed by atoms with van der Waals surface area (Å²) in [6, 6.07) is 4.54. The van der Waals surface area contributed by atoms with Crippen LogP contribution in [-0.4, -0.2) is 37.9 Å². The molecule has 0 saturated heterocycles. The van der Waals surface area contributed by atoms with Crippen LogP contribution in [0.3, 0.4) is 0 Å². The number of anilines is 1. The molecule has 24 heavy (non-hydrogen) atoms. The van der Waals surface area contributed by atoms with Gasteiger partial charge in [0.25, 0.3) is 0 Å². The Labute approximate surface area is 142 Å². The average Bonchev–Trinajstić information content (AvgIpc) is 2.51. The first-order valence-electron chi connectivity index (χ1n) is 7.55. The molecule has 0 bridgehead atoms. The highest BCUT2D eigenvalue weighted by Gasteiger charge is 2.26. The van der Waals surface area contributed by atoms with Gasteiger partial charge in [0.15, 0.2) is 0 Å². The molecule has 1 aromatic rings. The topological polar surface area (TPSA) is 76.7 Å². The number of amides is 1. The van der Waals surface area contributed by atoms with Gasteiger partial charge in [-0.15, -0.1) is 6.42 Å². The molecule has 0 unspecified atom stereocenters. The summed E-state index contributed by atoms with van der Waals surface area (Å²) >= 11 is 0. The Bertz CT molecular complexity index is 641. The molecular weight excluding hydrogens is 308 g/mol. The van der Waals surface area contributed by atoms with E-state index in [9.17, 15) is 9.59 Å². The largest absolute Gasteiger partial charge is 0.467 e. The van der Waals surface area contributed by atoms with Crippen molar-refractivity contribution in [3.8, 4) is 12.3 Å². The molecule has 1 rings (SSSR count). The van der Waals surface area contributed by atoms with E-state index < -0.39 is 23.7 Å². The lowest BCUT2D eigenvalue weighted by molar-refractivity contribution is -0.143. The van der Waals surface area contributed by atoms with Crippen LogP contribution in [0.4, 0.5) is 10.5 Å². The zero-order chi connectivity index (χ0) is 18.3. The molecule has 0 aliphatic carbocycles. The first-order valence-corrected chi connectivity index (χ1v) is 7.55. The molecule has 0 aliphatic rings. The number of alkyl carbamates (subject to hydrolysis) is 1. The second kappa shape index (κ2) is 8.25. The Hall–Kier alpha value is -2.68. The molecule has 0 aliphatic heterocycles. The molecule has 6 nitrogen and oxygen atoms in total. The van der Waals surface area contributed by atoms with Crippen LogP contribution in [0, 0.1) is 12.3 Å². The number of benzene rings is 1. The van der Waals surface area contributed by atoms with Crippen molar-refractivity contribution < 1.29 is 19.1 Å². The lowest BCUT2D eigenvalue weighted by atomic mass is 10.0. The zero-order valence-electron chi connectivity index (χ0n) is 14.7. The van der Waals surface area contributed by atoms with E-state index in [1.807, 2.05) is 6.07 Å². The summed E-state index contributed by atoms with van der Waals surface area (Å²) in [5.41, 5.74) is 1.54. The first-order chi connectivity index (χ1) is 11.2. The zero-order valence-corrected chi connectivity index (χ0v) is 14.7. The van der Waals surface area contributed by atoms with Crippen molar-refractivity contribution in [3.05, 3.63) is 29.3 Å². The van der Waals surface area contributed by atoms with Crippen LogP contribution < -0.4 is 10.6 Å². The van der Waals surface area contributed by atoms with Crippen LogP contribution in [0.5, 0.6) is 0 Å². The van der Waals surface area contributed by atoms with Gasteiger partial charge < -0.3 is 20.1 Å². The number of esters is 1. The number of methoxy groups -OCH3 is 1. The number of hydrogen-bond acceptors (Lipinski definition) is 5. The molecule has 1 atom stereocenters. The summed E-state index contributed by atoms with van der Waals surface area (Å²) < 4.78 is 9.97. The number of rotatable bonds is 5. The van der Waals surface area contributed by atoms with Crippen LogP contribution >= 0.6 is 0 Å². The summed E-state index contributed by atoms with van der Waals surface area (Å²) in [6.45, 7) is 5.24. The number of terminal acetylenes is 1. The van der Waals surface area contributed by atoms with E-state index in [1.165, 1.54) is 7.11 Å². The van der Waals surface area contributed by atoms with Crippen LogP contribution in [0.2, 0.25) is 0 Å². The van der Waals surface area contributed by atoms with Crippen molar-refractivity contribution in [1.82, 2.24) is 5.32 Å². The van der Waals surface area contributed by atoms with Crippen molar-refractivity contribution in [3.63, 3.8) is 0 Å². The Kier molecular flexibility index (Phi) is 6.66. The molecule has 130 valence electrons. The Morgan fingerprint density at radius 1 is 1.33 bits per heavy atom. The normalized spacial score (nSPS) is 11.8. The summed E-state index contributed by atoms with van der Waals surface area (Å²) in [6.07, 6.45) is 5.03. The van der Waals surface area contributed by atoms with Crippen molar-refractivity contribution in [2.24, 2.45) is 0 Å². The molecule has 0 heterocycles. The Morgan fingerprint density at radius 2 is 2.00 bits per heavy atom. The third-order valence-corrected chi connectivity index (χ3v) is 3.16. The highest BCUT2D eigenvalue weighted by molar-refractivity contribution is 5.82. The highest BCUT2D eigenvalue weighted by atomic mass is 16.6. The van der Waals surface area contributed by atoms with E-state index in [2.05, 4.69) is 16.6 Å². The minimum absolute atomic E-state index is 0.220. The number of carbonyl (C=O) groups is 2. The fourth-order valence-electron chi connectivity index (χ4n) is 2.19. The predicted molar refractivity (Wildman–Crippen MR) is 92.8 cm³/mol. The van der Waals surface area contributed by atoms with Gasteiger partial charge in [0, 0.05) is 19.0 Å². The summed E-state index contributed by atoms with van der Waals surface area (Å²) in [4.78, 5) is 24.0. The third-order valence-electron chi connectivity index (χ3n) is 3.16. The van der Waals surface area contributed by atoms with Crippen LogP contribution in [0.15, 0.2) is 18.2 Å². The molecule has 0 fully saturated rings. The van der Waals surface area contributed by atoms with Gasteiger partial charge in [-0.3, -0.25) is 0 Å². The lowest BCUT2D eigenvalue weighted by Crippen LogP contribution is -2.45. The first kappa shape index (κ1) is 19.4. The van der Waals surface area contributed by atoms with Gasteiger partial charge in [-0.25, -0.2) is 9.59 Å². The van der Waals surface area contributed by atoms with Crippen molar-refractivity contribution in [2.75, 3.05) is 19.5 Å². The van der Waals surface area contributed by atoms with Crippen molar-refractivity contribution in [2.45, 2.75) is 38.8 Å². The van der Waals surface area contributed by atoms with Gasteiger partial charge in [0.2, 0.25) is 0 Å². The van der Waals surface area contributed by atoms with Gasteiger partial charge in [0.1, 0.15) is 11.6 Å². The number of para-hydroxylation sites is 1. The van der Waals surface area contributed by atoms with Crippen LogP contribution in [0.25, 0.3) is 0 Å². The quantitative estimate of drug-likeness (QED) is 0.639. The fraction of sp³-hybridized carbons (Fsp3) is 0.444. The molecule has 0 aromatic heterocycles. The number of hydrogen-bond donors (Lipinski definition) is 2. The van der Waals surface area contributed by atoms with Gasteiger partial charge in [-0.05, 0) is 32.4 Å². The number of nitrogens with one attached hydrogen (secondary N) is 2. The molecule has 1 amide bonds. The van der Waals surface area contributed by atoms with E-state index in [-0.39, 0.29) is 6.42 Å². The highest BCUT2D eigenvalue weighted by Crippen LogP contribution is 2.22. The molecule has 1 aromatic carbocycles. The van der Waals surface area contributed by atoms with E-state index in [0.717, 1.165) is 11.3 Å². The van der Waals surface area contributed by atoms with Crippen LogP contribution in [0.1, 0.15) is 31.9 Å². The lowest BCUT2D eigenvalue weighted by Gasteiger charge is -2.23. The van der Waals surface area contributed by atoms with Crippen molar-refractivity contribution >= 4 is 17.7 Å². The van der Waals surface area contributed by atoms with E-state index >= 15 is 0 Å². The van der Waals surface area contributed by atoms with E-state index in [1.54, 1.807) is 40.0 Å². The maximum Gasteiger partial charge on any atom is 0.408 e. The maximum absolute atomic E-state index is 12.0. The minimum Gasteiger partial charge on any atom is -0.467 e. The van der Waals surface area contributed by atoms with E-state index in [4.69, 9.17) is 15.9 Å².